The first-order valence-electron chi connectivity index (χ1n) is 9.77. The Labute approximate surface area is 171 Å². The predicted molar refractivity (Wildman–Crippen MR) is 107 cm³/mol. The normalized spacial score (nSPS) is 18.8. The van der Waals surface area contributed by atoms with Gasteiger partial charge in [0.15, 0.2) is 6.04 Å². The SMILES string of the molecule is CCOC(=O)C1C(CC)=CN(C(=O)OC(C)(C)C)C1C(=O)OCc1ccccc1. The van der Waals surface area contributed by atoms with Crippen LogP contribution in [-0.2, 0) is 30.4 Å². The molecular weight excluding hydrogens is 374 g/mol. The van der Waals surface area contributed by atoms with Gasteiger partial charge in [-0.25, -0.2) is 9.59 Å². The van der Waals surface area contributed by atoms with Crippen LogP contribution in [0, 0.1) is 5.92 Å². The molecule has 0 fully saturated rings. The Bertz CT molecular complexity index is 765. The minimum Gasteiger partial charge on any atom is -0.465 e. The van der Waals surface area contributed by atoms with Gasteiger partial charge in [0.25, 0.3) is 0 Å². The van der Waals surface area contributed by atoms with E-state index in [0.29, 0.717) is 12.0 Å². The molecule has 0 bridgehead atoms. The molecule has 1 aliphatic heterocycles. The zero-order valence-corrected chi connectivity index (χ0v) is 17.6. The number of amides is 1. The second kappa shape index (κ2) is 9.58. The molecule has 0 N–H and O–H groups in total. The van der Waals surface area contributed by atoms with Crippen LogP contribution in [0.3, 0.4) is 0 Å². The standard InChI is InChI=1S/C22H29NO6/c1-6-16-13-23(21(26)29-22(3,4)5)18(17(16)19(24)27-7-2)20(25)28-14-15-11-9-8-10-12-15/h8-13,17-18H,6-7,14H2,1-5H3. The van der Waals surface area contributed by atoms with Gasteiger partial charge in [-0.15, -0.1) is 0 Å². The molecule has 1 aromatic carbocycles. The number of carbonyl (C=O) groups excluding carboxylic acids is 3. The van der Waals surface area contributed by atoms with Gasteiger partial charge in [-0.05, 0) is 45.3 Å². The van der Waals surface area contributed by atoms with E-state index in [1.165, 1.54) is 6.20 Å². The number of carbonyl (C=O) groups is 3. The minimum absolute atomic E-state index is 0.0370. The van der Waals surface area contributed by atoms with Gasteiger partial charge in [-0.1, -0.05) is 37.3 Å². The summed E-state index contributed by atoms with van der Waals surface area (Å²) in [6.45, 7) is 8.95. The Morgan fingerprint density at radius 3 is 2.21 bits per heavy atom. The van der Waals surface area contributed by atoms with E-state index in [-0.39, 0.29) is 13.2 Å². The van der Waals surface area contributed by atoms with Crippen LogP contribution in [0.15, 0.2) is 42.1 Å². The fourth-order valence-corrected chi connectivity index (χ4v) is 3.07. The largest absolute Gasteiger partial charge is 0.465 e. The van der Waals surface area contributed by atoms with Crippen LogP contribution in [0.1, 0.15) is 46.6 Å². The van der Waals surface area contributed by atoms with Crippen LogP contribution in [-0.4, -0.2) is 41.2 Å². The lowest BCUT2D eigenvalue weighted by Crippen LogP contribution is -2.47. The van der Waals surface area contributed by atoms with Crippen molar-refractivity contribution in [1.82, 2.24) is 4.90 Å². The average molecular weight is 403 g/mol. The quantitative estimate of drug-likeness (QED) is 0.530. The van der Waals surface area contributed by atoms with Crippen LogP contribution in [0.4, 0.5) is 4.79 Å². The smallest absolute Gasteiger partial charge is 0.415 e. The number of esters is 2. The Hall–Kier alpha value is -2.83. The van der Waals surface area contributed by atoms with Gasteiger partial charge in [-0.3, -0.25) is 9.69 Å². The third-order valence-corrected chi connectivity index (χ3v) is 4.34. The molecule has 7 nitrogen and oxygen atoms in total. The molecule has 1 amide bonds. The lowest BCUT2D eigenvalue weighted by atomic mass is 9.93. The monoisotopic (exact) mass is 403 g/mol. The fourth-order valence-electron chi connectivity index (χ4n) is 3.07. The lowest BCUT2D eigenvalue weighted by Gasteiger charge is -2.28. The van der Waals surface area contributed by atoms with E-state index in [1.807, 2.05) is 37.3 Å². The number of nitrogens with zero attached hydrogens (tertiary/aromatic N) is 1. The summed E-state index contributed by atoms with van der Waals surface area (Å²) < 4.78 is 16.0. The molecule has 0 saturated heterocycles. The van der Waals surface area contributed by atoms with Gasteiger partial charge in [0, 0.05) is 6.20 Å². The maximum absolute atomic E-state index is 13.0. The number of hydrogen-bond acceptors (Lipinski definition) is 6. The maximum atomic E-state index is 13.0. The molecule has 0 aliphatic carbocycles. The van der Waals surface area contributed by atoms with E-state index >= 15 is 0 Å². The van der Waals surface area contributed by atoms with Crippen LogP contribution in [0.5, 0.6) is 0 Å². The third-order valence-electron chi connectivity index (χ3n) is 4.34. The number of ether oxygens (including phenoxy) is 3. The molecule has 0 spiro atoms. The average Bonchev–Trinajstić information content (AvgIpc) is 3.06. The highest BCUT2D eigenvalue weighted by Crippen LogP contribution is 2.34. The summed E-state index contributed by atoms with van der Waals surface area (Å²) in [5.41, 5.74) is 0.674. The first-order valence-corrected chi connectivity index (χ1v) is 9.77. The summed E-state index contributed by atoms with van der Waals surface area (Å²) in [4.78, 5) is 39.5. The van der Waals surface area contributed by atoms with Gasteiger partial charge in [0.1, 0.15) is 18.1 Å². The Balaban J connectivity index is 2.29. The highest BCUT2D eigenvalue weighted by molar-refractivity contribution is 5.91. The zero-order chi connectivity index (χ0) is 21.6. The molecule has 1 heterocycles. The maximum Gasteiger partial charge on any atom is 0.415 e. The van der Waals surface area contributed by atoms with Crippen molar-refractivity contribution < 1.29 is 28.6 Å². The molecule has 1 aliphatic rings. The topological polar surface area (TPSA) is 82.1 Å². The Kier molecular flexibility index (Phi) is 7.42. The molecule has 2 unspecified atom stereocenters. The van der Waals surface area contributed by atoms with E-state index in [4.69, 9.17) is 14.2 Å². The second-order valence-electron chi connectivity index (χ2n) is 7.71. The van der Waals surface area contributed by atoms with Crippen molar-refractivity contribution in [2.24, 2.45) is 5.92 Å². The predicted octanol–water partition coefficient (Wildman–Crippen LogP) is 3.82. The zero-order valence-electron chi connectivity index (χ0n) is 17.6. The first-order chi connectivity index (χ1) is 13.7. The van der Waals surface area contributed by atoms with Gasteiger partial charge >= 0.3 is 18.0 Å². The minimum atomic E-state index is -1.16. The summed E-state index contributed by atoms with van der Waals surface area (Å²) >= 11 is 0. The second-order valence-corrected chi connectivity index (χ2v) is 7.71. The molecule has 7 heteroatoms. The summed E-state index contributed by atoms with van der Waals surface area (Å²) in [7, 11) is 0. The molecule has 29 heavy (non-hydrogen) atoms. The molecule has 0 aromatic heterocycles. The lowest BCUT2D eigenvalue weighted by molar-refractivity contribution is -0.158. The van der Waals surface area contributed by atoms with Crippen molar-refractivity contribution in [3.05, 3.63) is 47.7 Å². The number of hydrogen-bond donors (Lipinski definition) is 0. The number of rotatable bonds is 6. The molecule has 2 atom stereocenters. The summed E-state index contributed by atoms with van der Waals surface area (Å²) in [6.07, 6.45) is 1.27. The highest BCUT2D eigenvalue weighted by Gasteiger charge is 2.49. The molecular formula is C22H29NO6. The summed E-state index contributed by atoms with van der Waals surface area (Å²) in [5.74, 6) is -2.17. The highest BCUT2D eigenvalue weighted by atomic mass is 16.6. The Morgan fingerprint density at radius 1 is 1.00 bits per heavy atom. The van der Waals surface area contributed by atoms with Crippen LogP contribution >= 0.6 is 0 Å². The van der Waals surface area contributed by atoms with Crippen molar-refractivity contribution in [1.29, 1.82) is 0 Å². The van der Waals surface area contributed by atoms with Gasteiger partial charge in [0.2, 0.25) is 0 Å². The Morgan fingerprint density at radius 2 is 1.66 bits per heavy atom. The molecule has 1 aromatic rings. The van der Waals surface area contributed by atoms with E-state index in [1.54, 1.807) is 27.7 Å². The molecule has 158 valence electrons. The fraction of sp³-hybridized carbons (Fsp3) is 0.500. The van der Waals surface area contributed by atoms with Gasteiger partial charge < -0.3 is 14.2 Å². The van der Waals surface area contributed by atoms with Gasteiger partial charge in [-0.2, -0.15) is 0 Å². The van der Waals surface area contributed by atoms with Crippen molar-refractivity contribution in [2.75, 3.05) is 6.61 Å². The van der Waals surface area contributed by atoms with E-state index in [2.05, 4.69) is 0 Å². The summed E-state index contributed by atoms with van der Waals surface area (Å²) in [6, 6.07) is 8.02. The number of benzene rings is 1. The van der Waals surface area contributed by atoms with Crippen molar-refractivity contribution in [3.8, 4) is 0 Å². The van der Waals surface area contributed by atoms with E-state index < -0.39 is 35.6 Å². The summed E-state index contributed by atoms with van der Waals surface area (Å²) in [5, 5.41) is 0. The molecule has 2 rings (SSSR count). The van der Waals surface area contributed by atoms with E-state index in [0.717, 1.165) is 10.5 Å². The molecule has 0 radical (unpaired) electrons. The third kappa shape index (κ3) is 5.82. The van der Waals surface area contributed by atoms with Crippen LogP contribution < -0.4 is 0 Å². The van der Waals surface area contributed by atoms with Crippen molar-refractivity contribution >= 4 is 18.0 Å². The van der Waals surface area contributed by atoms with Gasteiger partial charge in [0.05, 0.1) is 6.61 Å². The van der Waals surface area contributed by atoms with Crippen LogP contribution in [0.25, 0.3) is 0 Å². The van der Waals surface area contributed by atoms with Crippen molar-refractivity contribution in [3.63, 3.8) is 0 Å². The van der Waals surface area contributed by atoms with E-state index in [9.17, 15) is 14.4 Å². The molecule has 0 saturated carbocycles. The van der Waals surface area contributed by atoms with Crippen molar-refractivity contribution in [2.45, 2.75) is 59.3 Å². The van der Waals surface area contributed by atoms with Crippen LogP contribution in [0.2, 0.25) is 0 Å². The first kappa shape index (κ1) is 22.5.